The number of carbonyl (C=O) groups is 1. The van der Waals surface area contributed by atoms with Gasteiger partial charge in [0.25, 0.3) is 0 Å². The Morgan fingerprint density at radius 3 is 2.74 bits per heavy atom. The lowest BCUT2D eigenvalue weighted by Gasteiger charge is -2.39. The highest BCUT2D eigenvalue weighted by Gasteiger charge is 2.35. The summed E-state index contributed by atoms with van der Waals surface area (Å²) >= 11 is 0. The molecular formula is C27H37N3O5. The zero-order chi connectivity index (χ0) is 24.6. The molecule has 0 saturated carbocycles. The van der Waals surface area contributed by atoms with E-state index in [1.807, 2.05) is 55.5 Å². The third-order valence-corrected chi connectivity index (χ3v) is 6.67. The molecule has 2 heterocycles. The Labute approximate surface area is 207 Å². The first-order valence-electron chi connectivity index (χ1n) is 12.5. The molecule has 0 aromatic heterocycles. The first-order valence-corrected chi connectivity index (χ1v) is 12.5. The van der Waals surface area contributed by atoms with E-state index >= 15 is 0 Å². The number of ether oxygens (including phenoxy) is 3. The fourth-order valence-electron chi connectivity index (χ4n) is 4.91. The molecule has 190 valence electrons. The highest BCUT2D eigenvalue weighted by molar-refractivity contribution is 5.89. The van der Waals surface area contributed by atoms with Crippen LogP contribution in [0.2, 0.25) is 0 Å². The van der Waals surface area contributed by atoms with Crippen LogP contribution in [-0.4, -0.2) is 61.5 Å². The first-order chi connectivity index (χ1) is 17.1. The van der Waals surface area contributed by atoms with Crippen LogP contribution in [0.5, 0.6) is 0 Å². The molecule has 8 heteroatoms. The van der Waals surface area contributed by atoms with Gasteiger partial charge in [-0.15, -0.1) is 0 Å². The van der Waals surface area contributed by atoms with E-state index in [0.717, 1.165) is 49.2 Å². The zero-order valence-electron chi connectivity index (χ0n) is 20.6. The number of nitrogens with one attached hydrogen (secondary N) is 2. The molecule has 8 nitrogen and oxygen atoms in total. The fraction of sp³-hybridized carbons (Fsp3) is 0.519. The Morgan fingerprint density at radius 2 is 2.00 bits per heavy atom. The van der Waals surface area contributed by atoms with Crippen LogP contribution in [0, 0.1) is 0 Å². The smallest absolute Gasteiger partial charge is 0.319 e. The normalized spacial score (nSPS) is 24.9. The Kier molecular flexibility index (Phi) is 9.12. The molecule has 2 saturated heterocycles. The average molecular weight is 484 g/mol. The molecule has 35 heavy (non-hydrogen) atoms. The number of aliphatic hydroxyl groups excluding tert-OH is 1. The number of likely N-dealkylation sites (tertiary alicyclic amines) is 1. The highest BCUT2D eigenvalue weighted by Crippen LogP contribution is 2.39. The summed E-state index contributed by atoms with van der Waals surface area (Å²) in [6, 6.07) is 15.7. The van der Waals surface area contributed by atoms with Crippen LogP contribution in [0.4, 0.5) is 10.5 Å². The van der Waals surface area contributed by atoms with Gasteiger partial charge in [-0.1, -0.05) is 36.4 Å². The van der Waals surface area contributed by atoms with Crippen molar-refractivity contribution < 1.29 is 24.1 Å². The van der Waals surface area contributed by atoms with Gasteiger partial charge in [0.15, 0.2) is 6.29 Å². The standard InChI is InChI=1S/C27H37N3O5/c1-3-28-27(32)29-22-7-4-6-21(14-22)26-34-24(16-30-13-5-8-23(30)18-33-2)15-25(35-26)20-11-9-19(17-31)10-12-20/h4,6-7,9-12,14,23-26,31H,3,5,8,13,15-18H2,1-2H3,(H2,28,29,32). The van der Waals surface area contributed by atoms with E-state index in [-0.39, 0.29) is 24.8 Å². The van der Waals surface area contributed by atoms with Crippen molar-refractivity contribution in [2.75, 3.05) is 38.7 Å². The second-order valence-electron chi connectivity index (χ2n) is 9.21. The molecule has 2 fully saturated rings. The molecule has 4 rings (SSSR count). The monoisotopic (exact) mass is 483 g/mol. The van der Waals surface area contributed by atoms with E-state index in [4.69, 9.17) is 14.2 Å². The Bertz CT molecular complexity index is 954. The lowest BCUT2D eigenvalue weighted by atomic mass is 9.99. The second kappa shape index (κ2) is 12.5. The lowest BCUT2D eigenvalue weighted by molar-refractivity contribution is -0.253. The van der Waals surface area contributed by atoms with Crippen molar-refractivity contribution >= 4 is 11.7 Å². The van der Waals surface area contributed by atoms with Crippen LogP contribution in [0.3, 0.4) is 0 Å². The van der Waals surface area contributed by atoms with Crippen molar-refractivity contribution in [3.8, 4) is 0 Å². The number of hydrogen-bond donors (Lipinski definition) is 3. The summed E-state index contributed by atoms with van der Waals surface area (Å²) in [6.07, 6.45) is 2.32. The Hall–Kier alpha value is -2.49. The van der Waals surface area contributed by atoms with Crippen molar-refractivity contribution in [1.29, 1.82) is 0 Å². The van der Waals surface area contributed by atoms with Gasteiger partial charge in [-0.3, -0.25) is 4.90 Å². The number of carbonyl (C=O) groups excluding carboxylic acids is 1. The molecule has 0 spiro atoms. The molecule has 0 radical (unpaired) electrons. The third kappa shape index (κ3) is 6.80. The summed E-state index contributed by atoms with van der Waals surface area (Å²) in [6.45, 7) is 5.04. The highest BCUT2D eigenvalue weighted by atomic mass is 16.7. The molecule has 2 amide bonds. The summed E-state index contributed by atoms with van der Waals surface area (Å²) in [7, 11) is 1.76. The van der Waals surface area contributed by atoms with Crippen LogP contribution in [-0.2, 0) is 20.8 Å². The number of amides is 2. The van der Waals surface area contributed by atoms with Crippen LogP contribution in [0.1, 0.15) is 55.3 Å². The van der Waals surface area contributed by atoms with Gasteiger partial charge in [0.05, 0.1) is 25.4 Å². The maximum Gasteiger partial charge on any atom is 0.319 e. The first kappa shape index (κ1) is 25.6. The number of anilines is 1. The third-order valence-electron chi connectivity index (χ3n) is 6.67. The summed E-state index contributed by atoms with van der Waals surface area (Å²) < 4.78 is 18.4. The maximum absolute atomic E-state index is 12.0. The quantitative estimate of drug-likeness (QED) is 0.500. The molecule has 2 aromatic rings. The molecule has 4 atom stereocenters. The summed E-state index contributed by atoms with van der Waals surface area (Å²) in [5.74, 6) is 0. The number of urea groups is 1. The van der Waals surface area contributed by atoms with Gasteiger partial charge >= 0.3 is 6.03 Å². The number of hydrogen-bond acceptors (Lipinski definition) is 6. The van der Waals surface area contributed by atoms with E-state index in [0.29, 0.717) is 18.3 Å². The second-order valence-corrected chi connectivity index (χ2v) is 9.21. The lowest BCUT2D eigenvalue weighted by Crippen LogP contribution is -2.42. The maximum atomic E-state index is 12.0. The fourth-order valence-corrected chi connectivity index (χ4v) is 4.91. The number of nitrogens with zero attached hydrogens (tertiary/aromatic N) is 1. The molecule has 2 aliphatic heterocycles. The predicted octanol–water partition coefficient (Wildman–Crippen LogP) is 3.98. The largest absolute Gasteiger partial charge is 0.392 e. The predicted molar refractivity (Wildman–Crippen MR) is 134 cm³/mol. The van der Waals surface area contributed by atoms with E-state index in [1.165, 1.54) is 6.42 Å². The molecule has 3 N–H and O–H groups in total. The van der Waals surface area contributed by atoms with Crippen molar-refractivity contribution in [3.63, 3.8) is 0 Å². The minimum atomic E-state index is -0.560. The number of aliphatic hydroxyl groups is 1. The number of rotatable bonds is 9. The molecule has 2 aliphatic rings. The van der Waals surface area contributed by atoms with Gasteiger partial charge in [0.2, 0.25) is 0 Å². The van der Waals surface area contributed by atoms with E-state index < -0.39 is 6.29 Å². The number of benzene rings is 2. The van der Waals surface area contributed by atoms with Crippen molar-refractivity contribution in [2.45, 2.75) is 57.3 Å². The molecule has 0 aliphatic carbocycles. The zero-order valence-corrected chi connectivity index (χ0v) is 20.6. The Balaban J connectivity index is 1.54. The summed E-state index contributed by atoms with van der Waals surface area (Å²) in [4.78, 5) is 14.5. The van der Waals surface area contributed by atoms with Crippen LogP contribution in [0.25, 0.3) is 0 Å². The van der Waals surface area contributed by atoms with Crippen molar-refractivity contribution in [1.82, 2.24) is 10.2 Å². The molecular weight excluding hydrogens is 446 g/mol. The van der Waals surface area contributed by atoms with Gasteiger partial charge in [-0.25, -0.2) is 4.79 Å². The minimum absolute atomic E-state index is 0.0153. The molecule has 2 aromatic carbocycles. The summed E-state index contributed by atoms with van der Waals surface area (Å²) in [5.41, 5.74) is 3.48. The van der Waals surface area contributed by atoms with Gasteiger partial charge in [0, 0.05) is 43.9 Å². The van der Waals surface area contributed by atoms with Crippen LogP contribution in [0.15, 0.2) is 48.5 Å². The van der Waals surface area contributed by atoms with E-state index in [9.17, 15) is 9.90 Å². The van der Waals surface area contributed by atoms with Crippen molar-refractivity contribution in [3.05, 3.63) is 65.2 Å². The van der Waals surface area contributed by atoms with Gasteiger partial charge < -0.3 is 30.0 Å². The molecule has 4 unspecified atom stereocenters. The molecule has 0 bridgehead atoms. The minimum Gasteiger partial charge on any atom is -0.392 e. The number of methoxy groups -OCH3 is 1. The van der Waals surface area contributed by atoms with Gasteiger partial charge in [-0.05, 0) is 49.6 Å². The topological polar surface area (TPSA) is 92.3 Å². The van der Waals surface area contributed by atoms with E-state index in [2.05, 4.69) is 15.5 Å². The Morgan fingerprint density at radius 1 is 1.17 bits per heavy atom. The van der Waals surface area contributed by atoms with E-state index in [1.54, 1.807) is 7.11 Å². The SMILES string of the molecule is CCNC(=O)Nc1cccc(C2OC(CN3CCCC3COC)CC(c3ccc(CO)cc3)O2)c1. The summed E-state index contributed by atoms with van der Waals surface area (Å²) in [5, 5.41) is 15.0. The average Bonchev–Trinajstić information content (AvgIpc) is 3.31. The van der Waals surface area contributed by atoms with Gasteiger partial charge in [0.1, 0.15) is 0 Å². The van der Waals surface area contributed by atoms with Crippen molar-refractivity contribution in [2.24, 2.45) is 0 Å². The van der Waals surface area contributed by atoms with Gasteiger partial charge in [-0.2, -0.15) is 0 Å². The van der Waals surface area contributed by atoms with Crippen LogP contribution < -0.4 is 10.6 Å². The van der Waals surface area contributed by atoms with Crippen LogP contribution >= 0.6 is 0 Å².